The van der Waals surface area contributed by atoms with Crippen molar-refractivity contribution in [3.05, 3.63) is 58.3 Å². The molecule has 1 N–H and O–H groups in total. The molecule has 2 aromatic carbocycles. The third-order valence-corrected chi connectivity index (χ3v) is 5.81. The molecule has 4 rings (SSSR count). The molecule has 0 fully saturated rings. The van der Waals surface area contributed by atoms with Gasteiger partial charge in [0.1, 0.15) is 0 Å². The average molecular weight is 441 g/mol. The predicted octanol–water partition coefficient (Wildman–Crippen LogP) is 3.92. The van der Waals surface area contributed by atoms with Crippen LogP contribution in [0.5, 0.6) is 17.2 Å². The first-order valence-electron chi connectivity index (χ1n) is 9.80. The third kappa shape index (κ3) is 3.57. The molecular weight excluding hydrogens is 416 g/mol. The molecule has 0 bridgehead atoms. The number of anilines is 1. The van der Waals surface area contributed by atoms with Gasteiger partial charge in [-0.15, -0.1) is 0 Å². The van der Waals surface area contributed by atoms with Crippen molar-refractivity contribution in [1.82, 2.24) is 5.32 Å². The van der Waals surface area contributed by atoms with E-state index >= 15 is 0 Å². The average Bonchev–Trinajstić information content (AvgIpc) is 3.23. The summed E-state index contributed by atoms with van der Waals surface area (Å²) in [5.74, 6) is 1.18. The zero-order chi connectivity index (χ0) is 22.3. The Morgan fingerprint density at radius 2 is 1.94 bits per heavy atom. The van der Waals surface area contributed by atoms with Crippen LogP contribution in [0.25, 0.3) is 0 Å². The molecular formula is C23H24N2O5S. The fraction of sp³-hybridized carbons (Fsp3) is 0.304. The number of allylic oxidation sites excluding steroid dienone is 1. The fourth-order valence-electron chi connectivity index (χ4n) is 3.93. The second-order valence-corrected chi connectivity index (χ2v) is 7.84. The quantitative estimate of drug-likeness (QED) is 0.567. The minimum Gasteiger partial charge on any atom is -0.493 e. The number of fused-ring (bicyclic) bond motifs is 1. The van der Waals surface area contributed by atoms with Crippen molar-refractivity contribution in [2.45, 2.75) is 26.8 Å². The lowest BCUT2D eigenvalue weighted by molar-refractivity contribution is -0.136. The van der Waals surface area contributed by atoms with Gasteiger partial charge in [-0.1, -0.05) is 12.1 Å². The maximum atomic E-state index is 12.9. The smallest absolute Gasteiger partial charge is 0.337 e. The van der Waals surface area contributed by atoms with Crippen molar-refractivity contribution >= 4 is 29.0 Å². The Morgan fingerprint density at radius 3 is 2.65 bits per heavy atom. The first-order valence-corrected chi connectivity index (χ1v) is 10.2. The van der Waals surface area contributed by atoms with Crippen LogP contribution in [0.15, 0.2) is 41.6 Å². The number of esters is 1. The van der Waals surface area contributed by atoms with Crippen LogP contribution < -0.4 is 24.4 Å². The minimum absolute atomic E-state index is 0.116. The molecule has 0 radical (unpaired) electrons. The number of aryl methyl sites for hydroxylation is 2. The molecule has 2 aromatic rings. The van der Waals surface area contributed by atoms with E-state index in [9.17, 15) is 4.79 Å². The van der Waals surface area contributed by atoms with Gasteiger partial charge in [-0.3, -0.25) is 4.90 Å². The molecule has 0 spiro atoms. The van der Waals surface area contributed by atoms with Crippen molar-refractivity contribution in [2.75, 3.05) is 25.9 Å². The molecule has 8 heteroatoms. The van der Waals surface area contributed by atoms with Gasteiger partial charge < -0.3 is 24.3 Å². The lowest BCUT2D eigenvalue weighted by atomic mass is 9.93. The third-order valence-electron chi connectivity index (χ3n) is 5.51. The summed E-state index contributed by atoms with van der Waals surface area (Å²) in [6.45, 7) is 6.02. The Hall–Kier alpha value is -3.26. The fourth-order valence-corrected chi connectivity index (χ4v) is 4.29. The summed E-state index contributed by atoms with van der Waals surface area (Å²) in [7, 11) is 2.93. The van der Waals surface area contributed by atoms with Crippen LogP contribution in [0.2, 0.25) is 0 Å². The van der Waals surface area contributed by atoms with Crippen LogP contribution >= 0.6 is 12.2 Å². The molecule has 0 amide bonds. The molecule has 2 aliphatic rings. The summed E-state index contributed by atoms with van der Waals surface area (Å²) in [5.41, 5.74) is 4.96. The molecule has 162 valence electrons. The Bertz CT molecular complexity index is 1110. The standard InChI is InChI=1S/C23H24N2O5S/c1-12-6-7-13(2)16(8-12)25-14(3)19(22(26)28-5)20(24-23(25)31)15-9-17(27-4)21-18(10-15)29-11-30-21/h6-10,20H,11H2,1-5H3,(H,24,31)/t20-/m1/s1. The molecule has 0 saturated heterocycles. The van der Waals surface area contributed by atoms with E-state index in [1.807, 2.05) is 56.0 Å². The van der Waals surface area contributed by atoms with E-state index in [1.165, 1.54) is 7.11 Å². The highest BCUT2D eigenvalue weighted by Gasteiger charge is 2.37. The Balaban J connectivity index is 1.88. The number of hydrogen-bond acceptors (Lipinski definition) is 6. The van der Waals surface area contributed by atoms with Gasteiger partial charge in [0.15, 0.2) is 16.6 Å². The van der Waals surface area contributed by atoms with Gasteiger partial charge in [0.05, 0.1) is 31.5 Å². The van der Waals surface area contributed by atoms with Crippen LogP contribution in [-0.2, 0) is 9.53 Å². The monoisotopic (exact) mass is 440 g/mol. The number of carbonyl (C=O) groups is 1. The van der Waals surface area contributed by atoms with Crippen molar-refractivity contribution in [2.24, 2.45) is 0 Å². The number of benzene rings is 2. The van der Waals surface area contributed by atoms with E-state index in [0.29, 0.717) is 33.6 Å². The normalized spacial score (nSPS) is 17.5. The van der Waals surface area contributed by atoms with Gasteiger partial charge in [-0.2, -0.15) is 0 Å². The first kappa shape index (κ1) is 21.0. The first-order chi connectivity index (χ1) is 14.8. The maximum absolute atomic E-state index is 12.9. The van der Waals surface area contributed by atoms with E-state index in [0.717, 1.165) is 22.4 Å². The zero-order valence-corrected chi connectivity index (χ0v) is 18.9. The summed E-state index contributed by atoms with van der Waals surface area (Å²) in [4.78, 5) is 14.8. The lowest BCUT2D eigenvalue weighted by Gasteiger charge is -2.38. The molecule has 0 saturated carbocycles. The number of nitrogens with one attached hydrogen (secondary N) is 1. The molecule has 2 aliphatic heterocycles. The molecule has 7 nitrogen and oxygen atoms in total. The van der Waals surface area contributed by atoms with Gasteiger partial charge in [-0.05, 0) is 67.9 Å². The van der Waals surface area contributed by atoms with Gasteiger partial charge in [0.25, 0.3) is 0 Å². The van der Waals surface area contributed by atoms with Crippen LogP contribution in [0.4, 0.5) is 5.69 Å². The van der Waals surface area contributed by atoms with E-state index in [4.69, 9.17) is 31.2 Å². The maximum Gasteiger partial charge on any atom is 0.337 e. The number of ether oxygens (including phenoxy) is 4. The number of hydrogen-bond donors (Lipinski definition) is 1. The summed E-state index contributed by atoms with van der Waals surface area (Å²) >= 11 is 5.74. The largest absolute Gasteiger partial charge is 0.493 e. The van der Waals surface area contributed by atoms with E-state index < -0.39 is 12.0 Å². The van der Waals surface area contributed by atoms with E-state index in [1.54, 1.807) is 7.11 Å². The summed E-state index contributed by atoms with van der Waals surface area (Å²) in [5, 5.41) is 3.80. The molecule has 2 heterocycles. The number of rotatable bonds is 4. The molecule has 1 atom stereocenters. The molecule has 0 unspecified atom stereocenters. The number of carbonyl (C=O) groups excluding carboxylic acids is 1. The predicted molar refractivity (Wildman–Crippen MR) is 121 cm³/mol. The van der Waals surface area contributed by atoms with Gasteiger partial charge in [0, 0.05) is 5.70 Å². The zero-order valence-electron chi connectivity index (χ0n) is 18.1. The highest BCUT2D eigenvalue weighted by atomic mass is 32.1. The van der Waals surface area contributed by atoms with Crippen LogP contribution in [0, 0.1) is 13.8 Å². The topological polar surface area (TPSA) is 69.3 Å². The highest BCUT2D eigenvalue weighted by molar-refractivity contribution is 7.80. The Kier molecular flexibility index (Phi) is 5.49. The number of methoxy groups -OCH3 is 2. The van der Waals surface area contributed by atoms with E-state index in [2.05, 4.69) is 5.32 Å². The summed E-state index contributed by atoms with van der Waals surface area (Å²) in [6.07, 6.45) is 0. The Labute approximate surface area is 186 Å². The molecule has 31 heavy (non-hydrogen) atoms. The van der Waals surface area contributed by atoms with Crippen molar-refractivity contribution in [3.63, 3.8) is 0 Å². The van der Waals surface area contributed by atoms with Crippen LogP contribution in [-0.4, -0.2) is 32.1 Å². The van der Waals surface area contributed by atoms with Gasteiger partial charge in [0.2, 0.25) is 12.5 Å². The van der Waals surface area contributed by atoms with Crippen molar-refractivity contribution in [1.29, 1.82) is 0 Å². The van der Waals surface area contributed by atoms with Crippen LogP contribution in [0.1, 0.15) is 29.7 Å². The number of nitrogens with zero attached hydrogens (tertiary/aromatic N) is 1. The second kappa shape index (κ2) is 8.11. The number of thiocarbonyl (C=S) groups is 1. The minimum atomic E-state index is -0.537. The van der Waals surface area contributed by atoms with Crippen molar-refractivity contribution < 1.29 is 23.7 Å². The Morgan fingerprint density at radius 1 is 1.16 bits per heavy atom. The second-order valence-electron chi connectivity index (χ2n) is 7.46. The van der Waals surface area contributed by atoms with E-state index in [-0.39, 0.29) is 6.79 Å². The highest BCUT2D eigenvalue weighted by Crippen LogP contribution is 2.45. The summed E-state index contributed by atoms with van der Waals surface area (Å²) in [6, 6.07) is 9.23. The van der Waals surface area contributed by atoms with Crippen LogP contribution in [0.3, 0.4) is 0 Å². The van der Waals surface area contributed by atoms with Crippen molar-refractivity contribution in [3.8, 4) is 17.2 Å². The molecule has 0 aromatic heterocycles. The van der Waals surface area contributed by atoms with Gasteiger partial charge in [-0.25, -0.2) is 4.79 Å². The summed E-state index contributed by atoms with van der Waals surface area (Å²) < 4.78 is 21.7. The lowest BCUT2D eigenvalue weighted by Crippen LogP contribution is -2.48. The SMILES string of the molecule is COC(=O)C1=C(C)N(c2cc(C)ccc2C)C(=S)N[C@@H]1c1cc(OC)c2c(c1)OCO2. The molecule has 0 aliphatic carbocycles. The van der Waals surface area contributed by atoms with Gasteiger partial charge >= 0.3 is 5.97 Å².